The SMILES string of the molecule is Cc1cc(N)ccc1OCC(=O)Nc1cc(C(C)C)no1. The molecular weight excluding hydrogens is 270 g/mol. The Labute approximate surface area is 123 Å². The van der Waals surface area contributed by atoms with E-state index in [-0.39, 0.29) is 18.4 Å². The predicted octanol–water partition coefficient (Wildman–Crippen LogP) is 2.71. The van der Waals surface area contributed by atoms with Gasteiger partial charge in [0.25, 0.3) is 5.91 Å². The highest BCUT2D eigenvalue weighted by Crippen LogP contribution is 2.20. The van der Waals surface area contributed by atoms with Crippen LogP contribution in [0.3, 0.4) is 0 Å². The Hall–Kier alpha value is -2.50. The van der Waals surface area contributed by atoms with Crippen LogP contribution in [0.4, 0.5) is 11.6 Å². The Morgan fingerprint density at radius 3 is 2.81 bits per heavy atom. The van der Waals surface area contributed by atoms with Crippen LogP contribution in [-0.2, 0) is 4.79 Å². The smallest absolute Gasteiger partial charge is 0.264 e. The molecule has 1 amide bonds. The fourth-order valence-corrected chi connectivity index (χ4v) is 1.77. The average molecular weight is 289 g/mol. The van der Waals surface area contributed by atoms with E-state index in [1.165, 1.54) is 0 Å². The van der Waals surface area contributed by atoms with Crippen molar-refractivity contribution in [2.75, 3.05) is 17.7 Å². The number of amides is 1. The lowest BCUT2D eigenvalue weighted by Gasteiger charge is -2.08. The molecular formula is C15H19N3O3. The van der Waals surface area contributed by atoms with Crippen molar-refractivity contribution in [2.24, 2.45) is 0 Å². The molecule has 0 aliphatic rings. The van der Waals surface area contributed by atoms with Crippen molar-refractivity contribution in [3.8, 4) is 5.75 Å². The summed E-state index contributed by atoms with van der Waals surface area (Å²) in [5.74, 6) is 0.881. The molecule has 1 aromatic carbocycles. The second-order valence-electron chi connectivity index (χ2n) is 5.13. The number of carbonyl (C=O) groups excluding carboxylic acids is 1. The van der Waals surface area contributed by atoms with Gasteiger partial charge in [0.2, 0.25) is 5.88 Å². The first-order chi connectivity index (χ1) is 9.95. The minimum atomic E-state index is -0.308. The van der Waals surface area contributed by atoms with Crippen LogP contribution in [0.1, 0.15) is 31.0 Å². The van der Waals surface area contributed by atoms with Gasteiger partial charge in [-0.15, -0.1) is 0 Å². The Kier molecular flexibility index (Phi) is 4.47. The number of nitrogens with two attached hydrogens (primary N) is 1. The largest absolute Gasteiger partial charge is 0.483 e. The number of aromatic nitrogens is 1. The average Bonchev–Trinajstić information content (AvgIpc) is 2.86. The molecule has 0 fully saturated rings. The van der Waals surface area contributed by atoms with Gasteiger partial charge < -0.3 is 15.0 Å². The van der Waals surface area contributed by atoms with Gasteiger partial charge in [0.1, 0.15) is 5.75 Å². The number of anilines is 2. The molecule has 6 nitrogen and oxygen atoms in total. The number of nitrogen functional groups attached to an aromatic ring is 1. The normalized spacial score (nSPS) is 10.7. The Morgan fingerprint density at radius 2 is 2.19 bits per heavy atom. The number of ether oxygens (including phenoxy) is 1. The third-order valence-electron chi connectivity index (χ3n) is 2.94. The summed E-state index contributed by atoms with van der Waals surface area (Å²) in [5, 5.41) is 6.47. The first-order valence-corrected chi connectivity index (χ1v) is 6.71. The number of rotatable bonds is 5. The molecule has 0 atom stereocenters. The van der Waals surface area contributed by atoms with Gasteiger partial charge in [-0.3, -0.25) is 10.1 Å². The molecule has 0 spiro atoms. The lowest BCUT2D eigenvalue weighted by molar-refractivity contribution is -0.118. The van der Waals surface area contributed by atoms with Crippen molar-refractivity contribution in [1.82, 2.24) is 5.16 Å². The van der Waals surface area contributed by atoms with Gasteiger partial charge >= 0.3 is 0 Å². The molecule has 0 bridgehead atoms. The lowest BCUT2D eigenvalue weighted by atomic mass is 10.1. The Morgan fingerprint density at radius 1 is 1.43 bits per heavy atom. The van der Waals surface area contributed by atoms with Crippen LogP contribution in [0, 0.1) is 6.92 Å². The fraction of sp³-hybridized carbons (Fsp3) is 0.333. The second-order valence-corrected chi connectivity index (χ2v) is 5.13. The van der Waals surface area contributed by atoms with Gasteiger partial charge in [0, 0.05) is 11.8 Å². The van der Waals surface area contributed by atoms with E-state index >= 15 is 0 Å². The quantitative estimate of drug-likeness (QED) is 0.826. The summed E-state index contributed by atoms with van der Waals surface area (Å²) in [4.78, 5) is 11.8. The van der Waals surface area contributed by atoms with Gasteiger partial charge in [0.15, 0.2) is 6.61 Å². The maximum Gasteiger partial charge on any atom is 0.264 e. The molecule has 0 saturated heterocycles. The molecule has 6 heteroatoms. The second kappa shape index (κ2) is 6.30. The zero-order valence-electron chi connectivity index (χ0n) is 12.3. The van der Waals surface area contributed by atoms with Crippen LogP contribution in [-0.4, -0.2) is 17.7 Å². The van der Waals surface area contributed by atoms with Crippen molar-refractivity contribution >= 4 is 17.5 Å². The lowest BCUT2D eigenvalue weighted by Crippen LogP contribution is -2.20. The zero-order valence-corrected chi connectivity index (χ0v) is 12.3. The van der Waals surface area contributed by atoms with Gasteiger partial charge in [0.05, 0.1) is 5.69 Å². The molecule has 1 heterocycles. The minimum Gasteiger partial charge on any atom is -0.483 e. The first kappa shape index (κ1) is 14.9. The molecule has 112 valence electrons. The molecule has 2 rings (SSSR count). The van der Waals surface area contributed by atoms with Gasteiger partial charge in [-0.2, -0.15) is 0 Å². The van der Waals surface area contributed by atoms with E-state index in [0.29, 0.717) is 17.3 Å². The van der Waals surface area contributed by atoms with Crippen molar-refractivity contribution in [1.29, 1.82) is 0 Å². The van der Waals surface area contributed by atoms with Crippen LogP contribution in [0.2, 0.25) is 0 Å². The van der Waals surface area contributed by atoms with Crippen LogP contribution >= 0.6 is 0 Å². The number of hydrogen-bond acceptors (Lipinski definition) is 5. The first-order valence-electron chi connectivity index (χ1n) is 6.71. The summed E-state index contributed by atoms with van der Waals surface area (Å²) in [6.07, 6.45) is 0. The van der Waals surface area contributed by atoms with Crippen LogP contribution in [0.5, 0.6) is 5.75 Å². The van der Waals surface area contributed by atoms with Crippen LogP contribution in [0.25, 0.3) is 0 Å². The maximum absolute atomic E-state index is 11.8. The number of carbonyl (C=O) groups is 1. The van der Waals surface area contributed by atoms with Crippen LogP contribution < -0.4 is 15.8 Å². The minimum absolute atomic E-state index is 0.109. The highest BCUT2D eigenvalue weighted by Gasteiger charge is 2.11. The molecule has 21 heavy (non-hydrogen) atoms. The fourth-order valence-electron chi connectivity index (χ4n) is 1.77. The zero-order chi connectivity index (χ0) is 15.4. The summed E-state index contributed by atoms with van der Waals surface area (Å²) in [6, 6.07) is 6.96. The third kappa shape index (κ3) is 3.98. The monoisotopic (exact) mass is 289 g/mol. The highest BCUT2D eigenvalue weighted by molar-refractivity contribution is 5.90. The van der Waals surface area contributed by atoms with Crippen molar-refractivity contribution in [3.05, 3.63) is 35.5 Å². The predicted molar refractivity (Wildman–Crippen MR) is 80.3 cm³/mol. The van der Waals surface area contributed by atoms with E-state index in [0.717, 1.165) is 11.3 Å². The van der Waals surface area contributed by atoms with E-state index in [2.05, 4.69) is 10.5 Å². The highest BCUT2D eigenvalue weighted by atomic mass is 16.5. The van der Waals surface area contributed by atoms with Crippen molar-refractivity contribution < 1.29 is 14.1 Å². The molecule has 0 radical (unpaired) electrons. The van der Waals surface area contributed by atoms with E-state index in [1.54, 1.807) is 24.3 Å². The van der Waals surface area contributed by atoms with Gasteiger partial charge in [-0.25, -0.2) is 0 Å². The number of benzene rings is 1. The number of hydrogen-bond donors (Lipinski definition) is 2. The molecule has 0 aliphatic carbocycles. The Bertz CT molecular complexity index is 635. The van der Waals surface area contributed by atoms with E-state index in [1.807, 2.05) is 20.8 Å². The number of nitrogens with one attached hydrogen (secondary N) is 1. The molecule has 0 unspecified atom stereocenters. The van der Waals surface area contributed by atoms with Crippen molar-refractivity contribution in [2.45, 2.75) is 26.7 Å². The molecule has 0 saturated carbocycles. The summed E-state index contributed by atoms with van der Waals surface area (Å²) >= 11 is 0. The topological polar surface area (TPSA) is 90.4 Å². The van der Waals surface area contributed by atoms with Crippen LogP contribution in [0.15, 0.2) is 28.8 Å². The van der Waals surface area contributed by atoms with E-state index in [4.69, 9.17) is 15.0 Å². The molecule has 2 aromatic rings. The molecule has 3 N–H and O–H groups in total. The standard InChI is InChI=1S/C15H19N3O3/c1-9(2)12-7-15(21-18-12)17-14(19)8-20-13-5-4-11(16)6-10(13)3/h4-7,9H,8,16H2,1-3H3,(H,17,19). The van der Waals surface area contributed by atoms with Crippen molar-refractivity contribution in [3.63, 3.8) is 0 Å². The molecule has 1 aromatic heterocycles. The summed E-state index contributed by atoms with van der Waals surface area (Å²) in [5.41, 5.74) is 7.99. The van der Waals surface area contributed by atoms with E-state index in [9.17, 15) is 4.79 Å². The third-order valence-corrected chi connectivity index (χ3v) is 2.94. The van der Waals surface area contributed by atoms with Gasteiger partial charge in [-0.05, 0) is 36.6 Å². The Balaban J connectivity index is 1.89. The molecule has 0 aliphatic heterocycles. The summed E-state index contributed by atoms with van der Waals surface area (Å²) in [6.45, 7) is 5.75. The number of aryl methyl sites for hydroxylation is 1. The number of nitrogens with zero attached hydrogens (tertiary/aromatic N) is 1. The van der Waals surface area contributed by atoms with E-state index < -0.39 is 0 Å². The maximum atomic E-state index is 11.8. The summed E-state index contributed by atoms with van der Waals surface area (Å²) < 4.78 is 10.5. The van der Waals surface area contributed by atoms with Gasteiger partial charge in [-0.1, -0.05) is 19.0 Å². The summed E-state index contributed by atoms with van der Waals surface area (Å²) in [7, 11) is 0.